The Morgan fingerprint density at radius 3 is 2.32 bits per heavy atom. The maximum atomic E-state index is 12.4. The number of rotatable bonds is 7. The fourth-order valence-electron chi connectivity index (χ4n) is 2.09. The highest BCUT2D eigenvalue weighted by Gasteiger charge is 2.35. The fourth-order valence-corrected chi connectivity index (χ4v) is 3.37. The standard InChI is InChI=1S/C16H24N2O3S/c1-4-11-17-22(20,21)16(2,3)13-7-5-12(6-8-13)15(19)18-14-9-10-14/h5-8,14,17H,4,9-11H2,1-3H3,(H,18,19). The van der Waals surface area contributed by atoms with Gasteiger partial charge in [-0.25, -0.2) is 13.1 Å². The summed E-state index contributed by atoms with van der Waals surface area (Å²) in [6.45, 7) is 5.69. The van der Waals surface area contributed by atoms with Crippen LogP contribution in [0.15, 0.2) is 24.3 Å². The normalized spacial score (nSPS) is 15.6. The van der Waals surface area contributed by atoms with Crippen LogP contribution in [0.5, 0.6) is 0 Å². The Bertz CT molecular complexity index is 632. The smallest absolute Gasteiger partial charge is 0.251 e. The summed E-state index contributed by atoms with van der Waals surface area (Å²) in [7, 11) is -3.47. The summed E-state index contributed by atoms with van der Waals surface area (Å²) in [6, 6.07) is 7.11. The van der Waals surface area contributed by atoms with E-state index in [4.69, 9.17) is 0 Å². The molecule has 22 heavy (non-hydrogen) atoms. The van der Waals surface area contributed by atoms with Crippen LogP contribution in [0.2, 0.25) is 0 Å². The third kappa shape index (κ3) is 3.67. The Kier molecular flexibility index (Phi) is 4.92. The maximum absolute atomic E-state index is 12.4. The molecule has 0 saturated heterocycles. The summed E-state index contributed by atoms with van der Waals surface area (Å²) >= 11 is 0. The first kappa shape index (κ1) is 17.0. The Morgan fingerprint density at radius 1 is 1.23 bits per heavy atom. The van der Waals surface area contributed by atoms with Crippen molar-refractivity contribution in [2.24, 2.45) is 0 Å². The summed E-state index contributed by atoms with van der Waals surface area (Å²) in [6.07, 6.45) is 2.83. The van der Waals surface area contributed by atoms with Gasteiger partial charge in [0.2, 0.25) is 10.0 Å². The average molecular weight is 324 g/mol. The van der Waals surface area contributed by atoms with E-state index in [0.717, 1.165) is 19.3 Å². The van der Waals surface area contributed by atoms with Gasteiger partial charge < -0.3 is 5.32 Å². The number of hydrogen-bond donors (Lipinski definition) is 2. The second kappa shape index (κ2) is 6.38. The molecule has 1 saturated carbocycles. The van der Waals surface area contributed by atoms with E-state index in [2.05, 4.69) is 10.0 Å². The number of hydrogen-bond acceptors (Lipinski definition) is 3. The zero-order valence-electron chi connectivity index (χ0n) is 13.3. The van der Waals surface area contributed by atoms with Crippen molar-refractivity contribution < 1.29 is 13.2 Å². The Hall–Kier alpha value is -1.40. The molecule has 0 atom stereocenters. The largest absolute Gasteiger partial charge is 0.349 e. The lowest BCUT2D eigenvalue weighted by Gasteiger charge is -2.25. The van der Waals surface area contributed by atoms with Crippen LogP contribution in [-0.4, -0.2) is 26.9 Å². The van der Waals surface area contributed by atoms with Gasteiger partial charge in [0, 0.05) is 18.2 Å². The van der Waals surface area contributed by atoms with Crippen molar-refractivity contribution in [2.45, 2.75) is 50.8 Å². The molecule has 1 aliphatic carbocycles. The van der Waals surface area contributed by atoms with Gasteiger partial charge in [-0.05, 0) is 50.8 Å². The van der Waals surface area contributed by atoms with E-state index < -0.39 is 14.8 Å². The van der Waals surface area contributed by atoms with Gasteiger partial charge in [0.25, 0.3) is 5.91 Å². The fraction of sp³-hybridized carbons (Fsp3) is 0.562. The molecule has 1 aromatic carbocycles. The van der Waals surface area contributed by atoms with Crippen LogP contribution in [0.4, 0.5) is 0 Å². The molecule has 1 aromatic rings. The molecule has 2 N–H and O–H groups in total. The van der Waals surface area contributed by atoms with Crippen LogP contribution >= 0.6 is 0 Å². The Balaban J connectivity index is 2.15. The van der Waals surface area contributed by atoms with Gasteiger partial charge in [-0.1, -0.05) is 19.1 Å². The topological polar surface area (TPSA) is 75.3 Å². The minimum atomic E-state index is -3.47. The van der Waals surface area contributed by atoms with E-state index >= 15 is 0 Å². The van der Waals surface area contributed by atoms with E-state index in [1.165, 1.54) is 0 Å². The molecule has 0 aromatic heterocycles. The molecule has 122 valence electrons. The van der Waals surface area contributed by atoms with E-state index in [1.807, 2.05) is 6.92 Å². The summed E-state index contributed by atoms with van der Waals surface area (Å²) in [4.78, 5) is 12.0. The van der Waals surface area contributed by atoms with Gasteiger partial charge in [-0.3, -0.25) is 4.79 Å². The van der Waals surface area contributed by atoms with Crippen LogP contribution in [0.3, 0.4) is 0 Å². The minimum Gasteiger partial charge on any atom is -0.349 e. The molecule has 1 amide bonds. The molecular formula is C16H24N2O3S. The van der Waals surface area contributed by atoms with Gasteiger partial charge in [-0.15, -0.1) is 0 Å². The molecule has 1 fully saturated rings. The molecule has 0 bridgehead atoms. The predicted octanol–water partition coefficient (Wildman–Crippen LogP) is 2.14. The van der Waals surface area contributed by atoms with E-state index in [9.17, 15) is 13.2 Å². The third-order valence-electron chi connectivity index (χ3n) is 3.97. The second-order valence-corrected chi connectivity index (χ2v) is 8.55. The average Bonchev–Trinajstić information content (AvgIpc) is 3.29. The van der Waals surface area contributed by atoms with E-state index in [0.29, 0.717) is 23.7 Å². The molecule has 0 unspecified atom stereocenters. The van der Waals surface area contributed by atoms with Crippen LogP contribution in [0.25, 0.3) is 0 Å². The summed E-state index contributed by atoms with van der Waals surface area (Å²) in [5.74, 6) is -0.0983. The summed E-state index contributed by atoms with van der Waals surface area (Å²) in [5, 5.41) is 2.92. The Labute approximate surface area is 132 Å². The first-order valence-corrected chi connectivity index (χ1v) is 9.17. The summed E-state index contributed by atoms with van der Waals surface area (Å²) in [5.41, 5.74) is 1.23. The third-order valence-corrected chi connectivity index (χ3v) is 6.13. The lowest BCUT2D eigenvalue weighted by Crippen LogP contribution is -2.40. The lowest BCUT2D eigenvalue weighted by atomic mass is 10.0. The van der Waals surface area contributed by atoms with Gasteiger partial charge in [0.1, 0.15) is 4.75 Å². The van der Waals surface area contributed by atoms with Crippen molar-refractivity contribution in [3.8, 4) is 0 Å². The number of benzene rings is 1. The number of carbonyl (C=O) groups excluding carboxylic acids is 1. The van der Waals surface area contributed by atoms with Crippen LogP contribution in [0.1, 0.15) is 56.0 Å². The van der Waals surface area contributed by atoms with Crippen LogP contribution < -0.4 is 10.0 Å². The van der Waals surface area contributed by atoms with Crippen molar-refractivity contribution in [1.82, 2.24) is 10.0 Å². The molecule has 1 aliphatic rings. The molecule has 0 heterocycles. The molecular weight excluding hydrogens is 300 g/mol. The number of carbonyl (C=O) groups is 1. The van der Waals surface area contributed by atoms with Crippen molar-refractivity contribution in [1.29, 1.82) is 0 Å². The highest BCUT2D eigenvalue weighted by Crippen LogP contribution is 2.29. The van der Waals surface area contributed by atoms with Crippen molar-refractivity contribution >= 4 is 15.9 Å². The van der Waals surface area contributed by atoms with Gasteiger partial charge in [0.05, 0.1) is 0 Å². The van der Waals surface area contributed by atoms with Crippen molar-refractivity contribution in [3.05, 3.63) is 35.4 Å². The highest BCUT2D eigenvalue weighted by molar-refractivity contribution is 7.90. The zero-order chi connectivity index (χ0) is 16.4. The minimum absolute atomic E-state index is 0.0983. The number of sulfonamides is 1. The van der Waals surface area contributed by atoms with Crippen molar-refractivity contribution in [2.75, 3.05) is 6.54 Å². The number of amides is 1. The first-order chi connectivity index (χ1) is 10.3. The highest BCUT2D eigenvalue weighted by atomic mass is 32.2. The second-order valence-electron chi connectivity index (χ2n) is 6.23. The first-order valence-electron chi connectivity index (χ1n) is 7.68. The lowest BCUT2D eigenvalue weighted by molar-refractivity contribution is 0.0951. The molecule has 5 nitrogen and oxygen atoms in total. The quantitative estimate of drug-likeness (QED) is 0.807. The Morgan fingerprint density at radius 2 is 1.82 bits per heavy atom. The molecule has 0 aliphatic heterocycles. The van der Waals surface area contributed by atoms with Crippen LogP contribution in [0, 0.1) is 0 Å². The molecule has 0 spiro atoms. The number of nitrogens with one attached hydrogen (secondary N) is 2. The van der Waals surface area contributed by atoms with Gasteiger partial charge in [-0.2, -0.15) is 0 Å². The monoisotopic (exact) mass is 324 g/mol. The van der Waals surface area contributed by atoms with E-state index in [-0.39, 0.29) is 5.91 Å². The van der Waals surface area contributed by atoms with E-state index in [1.54, 1.807) is 38.1 Å². The maximum Gasteiger partial charge on any atom is 0.251 e. The summed E-state index contributed by atoms with van der Waals surface area (Å²) < 4.78 is 26.4. The predicted molar refractivity (Wildman–Crippen MR) is 87.2 cm³/mol. The molecule has 2 rings (SSSR count). The zero-order valence-corrected chi connectivity index (χ0v) is 14.2. The SMILES string of the molecule is CCCNS(=O)(=O)C(C)(C)c1ccc(C(=O)NC2CC2)cc1. The van der Waals surface area contributed by atoms with Gasteiger partial charge in [0.15, 0.2) is 0 Å². The molecule has 6 heteroatoms. The molecule has 0 radical (unpaired) electrons. The van der Waals surface area contributed by atoms with Gasteiger partial charge >= 0.3 is 0 Å². The van der Waals surface area contributed by atoms with Crippen molar-refractivity contribution in [3.63, 3.8) is 0 Å². The van der Waals surface area contributed by atoms with Crippen LogP contribution in [-0.2, 0) is 14.8 Å².